The van der Waals surface area contributed by atoms with Gasteiger partial charge in [0.1, 0.15) is 12.1 Å². The van der Waals surface area contributed by atoms with Gasteiger partial charge in [0.05, 0.1) is 12.2 Å². The maximum absolute atomic E-state index is 13.3. The first-order chi connectivity index (χ1) is 14.3. The highest BCUT2D eigenvalue weighted by molar-refractivity contribution is 5.92. The second kappa shape index (κ2) is 9.09. The Morgan fingerprint density at radius 1 is 1.03 bits per heavy atom. The van der Waals surface area contributed by atoms with Gasteiger partial charge in [0.15, 0.2) is 0 Å². The van der Waals surface area contributed by atoms with E-state index in [1.807, 2.05) is 74.5 Å². The molecular formula is C23H27N3O4. The number of carboxylic acid groups (broad SMARTS) is 1. The second-order valence-electron chi connectivity index (χ2n) is 7.97. The van der Waals surface area contributed by atoms with Crippen LogP contribution in [0.25, 0.3) is 0 Å². The number of carbonyl (C=O) groups excluding carboxylic acids is 2. The second-order valence-corrected chi connectivity index (χ2v) is 7.97. The molecule has 3 N–H and O–H groups in total. The van der Waals surface area contributed by atoms with Crippen LogP contribution in [0.4, 0.5) is 0 Å². The number of amides is 2. The molecule has 7 heteroatoms. The smallest absolute Gasteiger partial charge is 0.326 e. The maximum Gasteiger partial charge on any atom is 0.326 e. The summed E-state index contributed by atoms with van der Waals surface area (Å²) in [5.41, 5.74) is 0.985. The Labute approximate surface area is 176 Å². The summed E-state index contributed by atoms with van der Waals surface area (Å²) in [7, 11) is 0. The van der Waals surface area contributed by atoms with Crippen LogP contribution in [0.5, 0.6) is 0 Å². The van der Waals surface area contributed by atoms with E-state index in [1.165, 1.54) is 4.90 Å². The Kier molecular flexibility index (Phi) is 6.52. The lowest BCUT2D eigenvalue weighted by atomic mass is 10.00. The molecule has 0 aromatic heterocycles. The van der Waals surface area contributed by atoms with E-state index in [0.717, 1.165) is 11.1 Å². The van der Waals surface area contributed by atoms with Gasteiger partial charge in [0, 0.05) is 12.8 Å². The van der Waals surface area contributed by atoms with Crippen LogP contribution < -0.4 is 10.6 Å². The van der Waals surface area contributed by atoms with Gasteiger partial charge in [0.25, 0.3) is 0 Å². The standard InChI is InChI=1S/C23H27N3O4/c1-23(2)24-15-20(27)26(23)19(14-17-11-7-4-8-12-17)21(28)25-18(22(29)30)13-16-9-5-3-6-10-16/h3-12,18-19,24H,13-15H2,1-2H3,(H,25,28)(H,29,30). The summed E-state index contributed by atoms with van der Waals surface area (Å²) in [4.78, 5) is 39.2. The third-order valence-electron chi connectivity index (χ3n) is 5.33. The summed E-state index contributed by atoms with van der Waals surface area (Å²) in [6.07, 6.45) is 0.455. The lowest BCUT2D eigenvalue weighted by Crippen LogP contribution is -2.59. The van der Waals surface area contributed by atoms with Crippen LogP contribution in [0.3, 0.4) is 0 Å². The molecule has 2 unspecified atom stereocenters. The monoisotopic (exact) mass is 409 g/mol. The number of rotatable bonds is 8. The van der Waals surface area contributed by atoms with Gasteiger partial charge in [0.2, 0.25) is 11.8 Å². The van der Waals surface area contributed by atoms with E-state index in [2.05, 4.69) is 10.6 Å². The van der Waals surface area contributed by atoms with Crippen molar-refractivity contribution in [3.63, 3.8) is 0 Å². The highest BCUT2D eigenvalue weighted by Gasteiger charge is 2.44. The number of benzene rings is 2. The van der Waals surface area contributed by atoms with Crippen molar-refractivity contribution in [1.82, 2.24) is 15.5 Å². The van der Waals surface area contributed by atoms with Crippen LogP contribution in [-0.4, -0.2) is 52.1 Å². The fourth-order valence-corrected chi connectivity index (χ4v) is 3.79. The molecule has 30 heavy (non-hydrogen) atoms. The molecule has 1 saturated heterocycles. The summed E-state index contributed by atoms with van der Waals surface area (Å²) >= 11 is 0. The first kappa shape index (κ1) is 21.5. The number of carboxylic acids is 1. The first-order valence-corrected chi connectivity index (χ1v) is 9.96. The van der Waals surface area contributed by atoms with Crippen molar-refractivity contribution >= 4 is 17.8 Å². The van der Waals surface area contributed by atoms with Gasteiger partial charge in [-0.2, -0.15) is 0 Å². The highest BCUT2D eigenvalue weighted by atomic mass is 16.4. The number of hydrogen-bond donors (Lipinski definition) is 3. The van der Waals surface area contributed by atoms with Crippen LogP contribution in [-0.2, 0) is 27.2 Å². The van der Waals surface area contributed by atoms with Gasteiger partial charge >= 0.3 is 5.97 Å². The quantitative estimate of drug-likeness (QED) is 0.615. The first-order valence-electron chi connectivity index (χ1n) is 9.96. The zero-order chi connectivity index (χ0) is 21.7. The zero-order valence-electron chi connectivity index (χ0n) is 17.2. The minimum atomic E-state index is -1.12. The van der Waals surface area contributed by atoms with Gasteiger partial charge < -0.3 is 15.3 Å². The molecule has 2 aromatic rings. The Bertz CT molecular complexity index is 899. The Hall–Kier alpha value is -3.19. The molecule has 2 amide bonds. The van der Waals surface area contributed by atoms with Crippen molar-refractivity contribution < 1.29 is 19.5 Å². The average molecular weight is 409 g/mol. The van der Waals surface area contributed by atoms with Crippen molar-refractivity contribution in [3.8, 4) is 0 Å². The van der Waals surface area contributed by atoms with Gasteiger partial charge in [-0.3, -0.25) is 14.9 Å². The van der Waals surface area contributed by atoms with E-state index in [-0.39, 0.29) is 18.9 Å². The van der Waals surface area contributed by atoms with Crippen molar-refractivity contribution in [1.29, 1.82) is 0 Å². The van der Waals surface area contributed by atoms with Crippen molar-refractivity contribution in [2.75, 3.05) is 6.54 Å². The highest BCUT2D eigenvalue weighted by Crippen LogP contribution is 2.23. The predicted molar refractivity (Wildman–Crippen MR) is 113 cm³/mol. The van der Waals surface area contributed by atoms with Crippen molar-refractivity contribution in [3.05, 3.63) is 71.8 Å². The summed E-state index contributed by atoms with van der Waals surface area (Å²) < 4.78 is 0. The molecule has 1 aliphatic rings. The Morgan fingerprint density at radius 2 is 1.57 bits per heavy atom. The lowest BCUT2D eigenvalue weighted by molar-refractivity contribution is -0.145. The molecule has 7 nitrogen and oxygen atoms in total. The van der Waals surface area contributed by atoms with Crippen LogP contribution in [0.1, 0.15) is 25.0 Å². The van der Waals surface area contributed by atoms with E-state index in [9.17, 15) is 19.5 Å². The Balaban J connectivity index is 1.85. The topological polar surface area (TPSA) is 98.7 Å². The molecule has 0 aliphatic carbocycles. The van der Waals surface area contributed by atoms with Crippen LogP contribution in [0.15, 0.2) is 60.7 Å². The lowest BCUT2D eigenvalue weighted by Gasteiger charge is -2.37. The number of aliphatic carboxylic acids is 1. The van der Waals surface area contributed by atoms with Gasteiger partial charge in [-0.1, -0.05) is 60.7 Å². The van der Waals surface area contributed by atoms with E-state index < -0.39 is 29.6 Å². The van der Waals surface area contributed by atoms with E-state index in [0.29, 0.717) is 6.42 Å². The minimum Gasteiger partial charge on any atom is -0.480 e. The van der Waals surface area contributed by atoms with Gasteiger partial charge in [-0.05, 0) is 25.0 Å². The summed E-state index contributed by atoms with van der Waals surface area (Å²) in [6.45, 7) is 3.81. The van der Waals surface area contributed by atoms with Crippen molar-refractivity contribution in [2.24, 2.45) is 0 Å². The molecule has 158 valence electrons. The third kappa shape index (κ3) is 5.04. The third-order valence-corrected chi connectivity index (χ3v) is 5.33. The van der Waals surface area contributed by atoms with E-state index in [4.69, 9.17) is 0 Å². The largest absolute Gasteiger partial charge is 0.480 e. The van der Waals surface area contributed by atoms with Crippen LogP contribution in [0, 0.1) is 0 Å². The normalized spacial score (nSPS) is 17.4. The summed E-state index contributed by atoms with van der Waals surface area (Å²) in [5.74, 6) is -1.78. The predicted octanol–water partition coefficient (Wildman–Crippen LogP) is 1.58. The van der Waals surface area contributed by atoms with Crippen molar-refractivity contribution in [2.45, 2.75) is 44.4 Å². The molecular weight excluding hydrogens is 382 g/mol. The number of nitrogens with zero attached hydrogens (tertiary/aromatic N) is 1. The molecule has 2 atom stereocenters. The van der Waals surface area contributed by atoms with Gasteiger partial charge in [-0.25, -0.2) is 4.79 Å². The van der Waals surface area contributed by atoms with E-state index in [1.54, 1.807) is 0 Å². The zero-order valence-corrected chi connectivity index (χ0v) is 17.2. The maximum atomic E-state index is 13.3. The van der Waals surface area contributed by atoms with Crippen LogP contribution in [0.2, 0.25) is 0 Å². The molecule has 0 radical (unpaired) electrons. The molecule has 1 aliphatic heterocycles. The summed E-state index contributed by atoms with van der Waals surface area (Å²) in [5, 5.41) is 15.4. The molecule has 1 fully saturated rings. The molecule has 2 aromatic carbocycles. The number of nitrogens with one attached hydrogen (secondary N) is 2. The van der Waals surface area contributed by atoms with E-state index >= 15 is 0 Å². The molecule has 0 spiro atoms. The van der Waals surface area contributed by atoms with Crippen LogP contribution >= 0.6 is 0 Å². The molecule has 0 saturated carbocycles. The molecule has 0 bridgehead atoms. The van der Waals surface area contributed by atoms with Gasteiger partial charge in [-0.15, -0.1) is 0 Å². The molecule has 1 heterocycles. The average Bonchev–Trinajstić information content (AvgIpc) is 2.99. The molecule has 3 rings (SSSR count). The minimum absolute atomic E-state index is 0.137. The fraction of sp³-hybridized carbons (Fsp3) is 0.348. The summed E-state index contributed by atoms with van der Waals surface area (Å²) in [6, 6.07) is 16.6. The SMILES string of the molecule is CC1(C)NCC(=O)N1C(Cc1ccccc1)C(=O)NC(Cc1ccccc1)C(=O)O. The Morgan fingerprint density at radius 3 is 2.03 bits per heavy atom. The fourth-order valence-electron chi connectivity index (χ4n) is 3.79. The number of hydrogen-bond acceptors (Lipinski definition) is 4. The number of carbonyl (C=O) groups is 3.